The molecule has 0 amide bonds. The smallest absolute Gasteiger partial charge is 0.0962 e. The van der Waals surface area contributed by atoms with Crippen LogP contribution in [0.1, 0.15) is 12.8 Å². The first-order valence-electron chi connectivity index (χ1n) is 5.79. The van der Waals surface area contributed by atoms with E-state index in [0.29, 0.717) is 0 Å². The summed E-state index contributed by atoms with van der Waals surface area (Å²) in [5.41, 5.74) is 0.859. The van der Waals surface area contributed by atoms with Gasteiger partial charge in [0.15, 0.2) is 0 Å². The van der Waals surface area contributed by atoms with Crippen LogP contribution in [0.2, 0.25) is 0 Å². The van der Waals surface area contributed by atoms with Crippen LogP contribution >= 0.6 is 0 Å². The summed E-state index contributed by atoms with van der Waals surface area (Å²) in [7, 11) is 3.89. The summed E-state index contributed by atoms with van der Waals surface area (Å²) in [6, 6.07) is 2.25. The van der Waals surface area contributed by atoms with Crippen LogP contribution in [-0.4, -0.2) is 56.7 Å². The molecule has 0 unspecified atom stereocenters. The van der Waals surface area contributed by atoms with Crippen LogP contribution in [0, 0.1) is 11.3 Å². The minimum atomic E-state index is 0.846. The van der Waals surface area contributed by atoms with E-state index >= 15 is 0 Å². The van der Waals surface area contributed by atoms with Gasteiger partial charge in [-0.25, -0.2) is 0 Å². The Morgan fingerprint density at radius 1 is 1.44 bits per heavy atom. The van der Waals surface area contributed by atoms with Crippen LogP contribution in [0.15, 0.2) is 11.8 Å². The van der Waals surface area contributed by atoms with E-state index in [1.54, 1.807) is 0 Å². The molecule has 1 aliphatic rings. The van der Waals surface area contributed by atoms with Crippen LogP contribution < -0.4 is 0 Å². The molecular weight excluding hydrogens is 202 g/mol. The molecule has 1 fully saturated rings. The summed E-state index contributed by atoms with van der Waals surface area (Å²) in [4.78, 5) is 4.32. The van der Waals surface area contributed by atoms with Crippen LogP contribution in [0.5, 0.6) is 0 Å². The Hall–Kier alpha value is -1.05. The summed E-state index contributed by atoms with van der Waals surface area (Å²) in [5, 5.41) is 8.93. The van der Waals surface area contributed by atoms with Gasteiger partial charge in [-0.05, 0) is 19.4 Å². The van der Waals surface area contributed by atoms with Gasteiger partial charge in [-0.15, -0.1) is 0 Å². The molecule has 0 N–H and O–H groups in total. The third-order valence-electron chi connectivity index (χ3n) is 2.58. The Balaban J connectivity index is 2.20. The second kappa shape index (κ2) is 7.26. The highest BCUT2D eigenvalue weighted by molar-refractivity contribution is 5.19. The van der Waals surface area contributed by atoms with Gasteiger partial charge in [-0.1, -0.05) is 0 Å². The van der Waals surface area contributed by atoms with E-state index in [9.17, 15) is 0 Å². The van der Waals surface area contributed by atoms with E-state index in [-0.39, 0.29) is 0 Å². The van der Waals surface area contributed by atoms with Crippen molar-refractivity contribution in [1.82, 2.24) is 9.80 Å². The van der Waals surface area contributed by atoms with Gasteiger partial charge in [0, 0.05) is 39.0 Å². The number of nitriles is 1. The summed E-state index contributed by atoms with van der Waals surface area (Å²) >= 11 is 0. The van der Waals surface area contributed by atoms with E-state index < -0.39 is 0 Å². The minimum absolute atomic E-state index is 0.846. The van der Waals surface area contributed by atoms with E-state index in [1.807, 2.05) is 25.2 Å². The average molecular weight is 223 g/mol. The lowest BCUT2D eigenvalue weighted by Crippen LogP contribution is -2.36. The molecular formula is C12H21N3O. The molecule has 0 aliphatic carbocycles. The van der Waals surface area contributed by atoms with Gasteiger partial charge in [0.2, 0.25) is 0 Å². The summed E-state index contributed by atoms with van der Waals surface area (Å²) in [6.07, 6.45) is 3.82. The molecule has 0 aromatic carbocycles. The highest BCUT2D eigenvalue weighted by Gasteiger charge is 2.09. The number of allylic oxidation sites excluding steroid dienone is 1. The third-order valence-corrected chi connectivity index (χ3v) is 2.58. The lowest BCUT2D eigenvalue weighted by Gasteiger charge is -2.26. The molecule has 0 radical (unpaired) electrons. The van der Waals surface area contributed by atoms with Crippen LogP contribution in [0.3, 0.4) is 0 Å². The maximum absolute atomic E-state index is 8.93. The Morgan fingerprint density at radius 3 is 2.69 bits per heavy atom. The number of ether oxygens (including phenoxy) is 1. The predicted octanol–water partition coefficient (Wildman–Crippen LogP) is 1.07. The van der Waals surface area contributed by atoms with Gasteiger partial charge < -0.3 is 9.64 Å². The lowest BCUT2D eigenvalue weighted by atomic mass is 10.1. The molecule has 0 spiro atoms. The second-order valence-electron chi connectivity index (χ2n) is 4.29. The first-order chi connectivity index (χ1) is 7.72. The van der Waals surface area contributed by atoms with E-state index in [0.717, 1.165) is 51.3 Å². The molecule has 4 heteroatoms. The molecule has 1 heterocycles. The van der Waals surface area contributed by atoms with Gasteiger partial charge in [-0.3, -0.25) is 4.90 Å². The van der Waals surface area contributed by atoms with E-state index in [1.165, 1.54) is 0 Å². The van der Waals surface area contributed by atoms with Crippen LogP contribution in [0.4, 0.5) is 0 Å². The predicted molar refractivity (Wildman–Crippen MR) is 63.9 cm³/mol. The van der Waals surface area contributed by atoms with Crippen molar-refractivity contribution in [2.45, 2.75) is 12.8 Å². The second-order valence-corrected chi connectivity index (χ2v) is 4.29. The largest absolute Gasteiger partial charge is 0.383 e. The van der Waals surface area contributed by atoms with Crippen molar-refractivity contribution in [2.75, 3.05) is 46.9 Å². The van der Waals surface area contributed by atoms with Crippen molar-refractivity contribution in [3.63, 3.8) is 0 Å². The zero-order chi connectivity index (χ0) is 11.8. The zero-order valence-electron chi connectivity index (χ0n) is 10.3. The Labute approximate surface area is 98.1 Å². The van der Waals surface area contributed by atoms with E-state index in [2.05, 4.69) is 11.0 Å². The topological polar surface area (TPSA) is 39.5 Å². The van der Waals surface area contributed by atoms with Crippen molar-refractivity contribution in [3.05, 3.63) is 11.8 Å². The fraction of sp³-hybridized carbons (Fsp3) is 0.750. The van der Waals surface area contributed by atoms with Crippen molar-refractivity contribution in [3.8, 4) is 6.07 Å². The maximum Gasteiger partial charge on any atom is 0.0962 e. The fourth-order valence-corrected chi connectivity index (χ4v) is 1.78. The zero-order valence-corrected chi connectivity index (χ0v) is 10.3. The van der Waals surface area contributed by atoms with Crippen molar-refractivity contribution in [2.24, 2.45) is 0 Å². The molecule has 4 nitrogen and oxygen atoms in total. The molecule has 1 aliphatic heterocycles. The van der Waals surface area contributed by atoms with Gasteiger partial charge >= 0.3 is 0 Å². The lowest BCUT2D eigenvalue weighted by molar-refractivity contribution is 0.0375. The van der Waals surface area contributed by atoms with E-state index in [4.69, 9.17) is 10.00 Å². The monoisotopic (exact) mass is 223 g/mol. The standard InChI is InChI=1S/C12H21N3O/c1-14(2)11-12(10-13)4-3-5-15-6-8-16-9-7-15/h11H,3-9H2,1-2H3/b12-11-. The fourth-order valence-electron chi connectivity index (χ4n) is 1.78. The van der Waals surface area contributed by atoms with Crippen LogP contribution in [-0.2, 0) is 4.74 Å². The van der Waals surface area contributed by atoms with Gasteiger partial charge in [-0.2, -0.15) is 5.26 Å². The molecule has 90 valence electrons. The summed E-state index contributed by atoms with van der Waals surface area (Å²) < 4.78 is 5.29. The molecule has 0 aromatic rings. The van der Waals surface area contributed by atoms with Crippen molar-refractivity contribution < 1.29 is 4.74 Å². The average Bonchev–Trinajstić information content (AvgIpc) is 2.28. The maximum atomic E-state index is 8.93. The van der Waals surface area contributed by atoms with Crippen molar-refractivity contribution >= 4 is 0 Å². The Bertz CT molecular complexity index is 262. The minimum Gasteiger partial charge on any atom is -0.383 e. The molecule has 16 heavy (non-hydrogen) atoms. The molecule has 0 saturated carbocycles. The van der Waals surface area contributed by atoms with Gasteiger partial charge in [0.25, 0.3) is 0 Å². The number of morpholine rings is 1. The van der Waals surface area contributed by atoms with Crippen molar-refractivity contribution in [1.29, 1.82) is 5.26 Å². The Kier molecular flexibility index (Phi) is 5.91. The van der Waals surface area contributed by atoms with Gasteiger partial charge in [0.05, 0.1) is 19.3 Å². The van der Waals surface area contributed by atoms with Crippen LogP contribution in [0.25, 0.3) is 0 Å². The number of rotatable bonds is 5. The molecule has 0 aromatic heterocycles. The number of hydrogen-bond donors (Lipinski definition) is 0. The quantitative estimate of drug-likeness (QED) is 0.654. The molecule has 0 bridgehead atoms. The molecule has 1 saturated heterocycles. The third kappa shape index (κ3) is 5.15. The Morgan fingerprint density at radius 2 is 2.12 bits per heavy atom. The van der Waals surface area contributed by atoms with Gasteiger partial charge in [0.1, 0.15) is 0 Å². The summed E-state index contributed by atoms with van der Waals surface area (Å²) in [6.45, 7) is 4.81. The number of nitrogens with zero attached hydrogens (tertiary/aromatic N) is 3. The first-order valence-corrected chi connectivity index (χ1v) is 5.79. The highest BCUT2D eigenvalue weighted by Crippen LogP contribution is 2.07. The first kappa shape index (κ1) is 13.0. The SMILES string of the molecule is CN(C)/C=C(\C#N)CCCN1CCOCC1. The highest BCUT2D eigenvalue weighted by atomic mass is 16.5. The summed E-state index contributed by atoms with van der Waals surface area (Å²) in [5.74, 6) is 0. The molecule has 0 atom stereocenters. The number of hydrogen-bond acceptors (Lipinski definition) is 4. The normalized spacial score (nSPS) is 18.2. The molecule has 1 rings (SSSR count).